The molecule has 2 heterocycles. The zero-order valence-corrected chi connectivity index (χ0v) is 13.5. The largest absolute Gasteiger partial charge is 0.449 e. The highest BCUT2D eigenvalue weighted by Gasteiger charge is 2.34. The highest BCUT2D eigenvalue weighted by Crippen LogP contribution is 2.42. The Labute approximate surface area is 125 Å². The molecule has 1 aromatic carbocycles. The lowest BCUT2D eigenvalue weighted by Crippen LogP contribution is -2.41. The second-order valence-electron chi connectivity index (χ2n) is 6.78. The van der Waals surface area contributed by atoms with Crippen molar-refractivity contribution in [2.75, 3.05) is 16.8 Å². The molecule has 1 fully saturated rings. The Bertz CT molecular complexity index is 513. The number of thioether (sulfide) groups is 1. The fourth-order valence-electron chi connectivity index (χ4n) is 2.69. The summed E-state index contributed by atoms with van der Waals surface area (Å²) in [6.45, 7) is 8.56. The van der Waals surface area contributed by atoms with Crippen LogP contribution in [0, 0.1) is 5.41 Å². The standard InChI is InChI=1S/C16H23NO2S/c1-15(2)7-8-20-10-14(15)17-11-5-6-12-13(9-11)19-16(3,4)18-12/h5-6,9,14,17H,7-8,10H2,1-4H3. The summed E-state index contributed by atoms with van der Waals surface area (Å²) in [5.41, 5.74) is 1.45. The van der Waals surface area contributed by atoms with Crippen LogP contribution in [0.25, 0.3) is 0 Å². The van der Waals surface area contributed by atoms with Crippen LogP contribution < -0.4 is 14.8 Å². The minimum absolute atomic E-state index is 0.334. The minimum atomic E-state index is -0.555. The highest BCUT2D eigenvalue weighted by molar-refractivity contribution is 7.99. The summed E-state index contributed by atoms with van der Waals surface area (Å²) in [5, 5.41) is 3.67. The van der Waals surface area contributed by atoms with Crippen LogP contribution in [-0.2, 0) is 0 Å². The van der Waals surface area contributed by atoms with Crippen LogP contribution in [0.4, 0.5) is 5.69 Å². The molecule has 1 saturated heterocycles. The summed E-state index contributed by atoms with van der Waals surface area (Å²) >= 11 is 2.03. The molecule has 2 aliphatic heterocycles. The van der Waals surface area contributed by atoms with Crippen molar-refractivity contribution in [3.8, 4) is 11.5 Å². The van der Waals surface area contributed by atoms with Gasteiger partial charge < -0.3 is 14.8 Å². The molecule has 3 nitrogen and oxygen atoms in total. The Morgan fingerprint density at radius 2 is 1.90 bits per heavy atom. The third kappa shape index (κ3) is 2.71. The number of nitrogens with one attached hydrogen (secondary N) is 1. The Hall–Kier alpha value is -1.03. The van der Waals surface area contributed by atoms with E-state index < -0.39 is 5.79 Å². The first kappa shape index (κ1) is 13.9. The molecule has 20 heavy (non-hydrogen) atoms. The first-order valence-electron chi connectivity index (χ1n) is 7.22. The van der Waals surface area contributed by atoms with E-state index >= 15 is 0 Å². The monoisotopic (exact) mass is 293 g/mol. The molecule has 3 rings (SSSR count). The predicted molar refractivity (Wildman–Crippen MR) is 84.9 cm³/mol. The van der Waals surface area contributed by atoms with Gasteiger partial charge in [0.1, 0.15) is 0 Å². The molecule has 4 heteroatoms. The summed E-state index contributed by atoms with van der Waals surface area (Å²) < 4.78 is 11.5. The maximum absolute atomic E-state index is 5.81. The zero-order chi connectivity index (χ0) is 14.4. The lowest BCUT2D eigenvalue weighted by molar-refractivity contribution is -0.0431. The summed E-state index contributed by atoms with van der Waals surface area (Å²) in [7, 11) is 0. The molecule has 1 aromatic rings. The molecule has 1 atom stereocenters. The van der Waals surface area contributed by atoms with Crippen molar-refractivity contribution in [3.05, 3.63) is 18.2 Å². The fourth-order valence-corrected chi connectivity index (χ4v) is 4.29. The smallest absolute Gasteiger partial charge is 0.246 e. The van der Waals surface area contributed by atoms with E-state index in [1.54, 1.807) is 0 Å². The Balaban J connectivity index is 1.76. The minimum Gasteiger partial charge on any atom is -0.449 e. The highest BCUT2D eigenvalue weighted by atomic mass is 32.2. The van der Waals surface area contributed by atoms with E-state index in [2.05, 4.69) is 31.3 Å². The van der Waals surface area contributed by atoms with Gasteiger partial charge >= 0.3 is 0 Å². The van der Waals surface area contributed by atoms with Gasteiger partial charge in [-0.25, -0.2) is 0 Å². The van der Waals surface area contributed by atoms with Gasteiger partial charge in [0.2, 0.25) is 5.79 Å². The van der Waals surface area contributed by atoms with E-state index in [0.717, 1.165) is 22.9 Å². The van der Waals surface area contributed by atoms with Crippen LogP contribution in [0.5, 0.6) is 11.5 Å². The molecule has 0 spiro atoms. The lowest BCUT2D eigenvalue weighted by atomic mass is 9.82. The van der Waals surface area contributed by atoms with Crippen LogP contribution in [0.3, 0.4) is 0 Å². The normalized spacial score (nSPS) is 26.3. The van der Waals surface area contributed by atoms with E-state index in [9.17, 15) is 0 Å². The van der Waals surface area contributed by atoms with Crippen LogP contribution in [0.15, 0.2) is 18.2 Å². The number of rotatable bonds is 2. The van der Waals surface area contributed by atoms with Gasteiger partial charge in [-0.1, -0.05) is 13.8 Å². The summed E-state index contributed by atoms with van der Waals surface area (Å²) in [5.74, 6) is 3.54. The summed E-state index contributed by atoms with van der Waals surface area (Å²) in [6, 6.07) is 6.63. The number of ether oxygens (including phenoxy) is 2. The van der Waals surface area contributed by atoms with Crippen molar-refractivity contribution in [2.24, 2.45) is 5.41 Å². The van der Waals surface area contributed by atoms with Crippen LogP contribution in [-0.4, -0.2) is 23.3 Å². The molecule has 110 valence electrons. The average molecular weight is 293 g/mol. The van der Waals surface area contributed by atoms with Crippen molar-refractivity contribution in [3.63, 3.8) is 0 Å². The molecule has 0 aliphatic carbocycles. The maximum Gasteiger partial charge on any atom is 0.246 e. The van der Waals surface area contributed by atoms with Gasteiger partial charge in [-0.2, -0.15) is 11.8 Å². The summed E-state index contributed by atoms with van der Waals surface area (Å²) in [4.78, 5) is 0. The molecule has 0 radical (unpaired) electrons. The van der Waals surface area contributed by atoms with Gasteiger partial charge in [0.25, 0.3) is 0 Å². The third-order valence-corrected chi connectivity index (χ3v) is 5.18. The number of anilines is 1. The summed E-state index contributed by atoms with van der Waals surface area (Å²) in [6.07, 6.45) is 1.26. The third-order valence-electron chi connectivity index (χ3n) is 4.11. The van der Waals surface area contributed by atoms with Crippen molar-refractivity contribution < 1.29 is 9.47 Å². The van der Waals surface area contributed by atoms with Gasteiger partial charge in [-0.15, -0.1) is 0 Å². The first-order valence-corrected chi connectivity index (χ1v) is 8.38. The molecular weight excluding hydrogens is 270 g/mol. The quantitative estimate of drug-likeness (QED) is 0.888. The predicted octanol–water partition coefficient (Wildman–Crippen LogP) is 4.14. The van der Waals surface area contributed by atoms with Crippen molar-refractivity contribution in [1.29, 1.82) is 0 Å². The van der Waals surface area contributed by atoms with Gasteiger partial charge in [-0.3, -0.25) is 0 Å². The number of hydrogen-bond acceptors (Lipinski definition) is 4. The Kier molecular flexibility index (Phi) is 3.32. The molecule has 2 aliphatic rings. The lowest BCUT2D eigenvalue weighted by Gasteiger charge is -2.39. The molecular formula is C16H23NO2S. The van der Waals surface area contributed by atoms with Crippen molar-refractivity contribution in [1.82, 2.24) is 0 Å². The van der Waals surface area contributed by atoms with E-state index in [1.165, 1.54) is 12.2 Å². The first-order chi connectivity index (χ1) is 9.36. The average Bonchev–Trinajstić information content (AvgIpc) is 2.65. The van der Waals surface area contributed by atoms with Crippen molar-refractivity contribution in [2.45, 2.75) is 45.9 Å². The molecule has 1 N–H and O–H groups in total. The second kappa shape index (κ2) is 4.76. The van der Waals surface area contributed by atoms with Gasteiger partial charge in [0, 0.05) is 37.4 Å². The second-order valence-corrected chi connectivity index (χ2v) is 7.93. The van der Waals surface area contributed by atoms with Gasteiger partial charge in [-0.05, 0) is 29.7 Å². The fraction of sp³-hybridized carbons (Fsp3) is 0.625. The Morgan fingerprint density at radius 1 is 1.15 bits per heavy atom. The van der Waals surface area contributed by atoms with E-state index in [0.29, 0.717) is 11.5 Å². The zero-order valence-electron chi connectivity index (χ0n) is 12.7. The molecule has 0 saturated carbocycles. The van der Waals surface area contributed by atoms with Gasteiger partial charge in [0.05, 0.1) is 0 Å². The Morgan fingerprint density at radius 3 is 2.65 bits per heavy atom. The molecule has 0 bridgehead atoms. The maximum atomic E-state index is 5.81. The van der Waals surface area contributed by atoms with Gasteiger partial charge in [0.15, 0.2) is 11.5 Å². The number of hydrogen-bond donors (Lipinski definition) is 1. The van der Waals surface area contributed by atoms with Crippen molar-refractivity contribution >= 4 is 17.4 Å². The topological polar surface area (TPSA) is 30.5 Å². The van der Waals surface area contributed by atoms with Crippen LogP contribution >= 0.6 is 11.8 Å². The molecule has 1 unspecified atom stereocenters. The van der Waals surface area contributed by atoms with E-state index in [1.807, 2.05) is 31.7 Å². The van der Waals surface area contributed by atoms with Crippen LogP contribution in [0.1, 0.15) is 34.1 Å². The molecule has 0 aromatic heterocycles. The van der Waals surface area contributed by atoms with E-state index in [-0.39, 0.29) is 0 Å². The molecule has 0 amide bonds. The van der Waals surface area contributed by atoms with E-state index in [4.69, 9.17) is 9.47 Å². The number of fused-ring (bicyclic) bond motifs is 1. The SMILES string of the molecule is CC1(C)Oc2ccc(NC3CSCCC3(C)C)cc2O1. The number of benzene rings is 1. The van der Waals surface area contributed by atoms with Crippen LogP contribution in [0.2, 0.25) is 0 Å².